The van der Waals surface area contributed by atoms with Crippen LogP contribution >= 0.6 is 12.6 Å². The zero-order valence-corrected chi connectivity index (χ0v) is 21.0. The third-order valence-corrected chi connectivity index (χ3v) is 5.05. The minimum atomic E-state index is -1.42. The molecule has 17 nitrogen and oxygen atoms in total. The predicted octanol–water partition coefficient (Wildman–Crippen LogP) is -4.64. The maximum atomic E-state index is 12.9. The SMILES string of the molecule is NC(N)=NCCCC(NC(=O)C(CCCN=C(N)N)NC(=O)C(CS)NC(=O)C(N)CC(=O)O)C(=O)O. The molecule has 0 aliphatic carbocycles. The van der Waals surface area contributed by atoms with Crippen molar-refractivity contribution in [1.82, 2.24) is 16.0 Å². The van der Waals surface area contributed by atoms with Gasteiger partial charge in [0.1, 0.15) is 18.1 Å². The smallest absolute Gasteiger partial charge is 0.326 e. The van der Waals surface area contributed by atoms with Crippen molar-refractivity contribution in [3.63, 3.8) is 0 Å². The van der Waals surface area contributed by atoms with Crippen LogP contribution in [0.4, 0.5) is 0 Å². The normalized spacial score (nSPS) is 13.7. The molecule has 0 heterocycles. The second-order valence-corrected chi connectivity index (χ2v) is 8.17. The molecule has 15 N–H and O–H groups in total. The molecule has 210 valence electrons. The first-order valence-electron chi connectivity index (χ1n) is 11.1. The number of carbonyl (C=O) groups is 5. The molecule has 0 aliphatic heterocycles. The molecule has 0 aromatic heterocycles. The highest BCUT2D eigenvalue weighted by Gasteiger charge is 2.30. The summed E-state index contributed by atoms with van der Waals surface area (Å²) in [5.41, 5.74) is 26.5. The first-order chi connectivity index (χ1) is 17.3. The molecule has 0 saturated carbocycles. The van der Waals surface area contributed by atoms with Crippen molar-refractivity contribution in [2.24, 2.45) is 38.7 Å². The zero-order chi connectivity index (χ0) is 28.5. The molecule has 4 unspecified atom stereocenters. The number of guanidine groups is 2. The second-order valence-electron chi connectivity index (χ2n) is 7.81. The number of nitrogens with zero attached hydrogens (tertiary/aromatic N) is 2. The third-order valence-electron chi connectivity index (χ3n) is 4.69. The Morgan fingerprint density at radius 2 is 1.16 bits per heavy atom. The average molecular weight is 549 g/mol. The number of carbonyl (C=O) groups excluding carboxylic acids is 3. The Kier molecular flexibility index (Phi) is 15.8. The molecule has 18 heteroatoms. The standard InChI is InChI=1S/C19H36N10O7S/c20-9(7-13(30)31)14(32)29-12(8-37)16(34)27-10(3-1-5-25-18(21)22)15(33)28-11(17(35)36)4-2-6-26-19(23)24/h9-12,37H,1-8,20H2,(H,27,34)(H,28,33)(H,29,32)(H,30,31)(H,35,36)(H4,21,22,25)(H4,23,24,26). The number of carboxylic acid groups (broad SMARTS) is 2. The minimum Gasteiger partial charge on any atom is -0.481 e. The number of thiol groups is 1. The Labute approximate surface area is 218 Å². The molecule has 37 heavy (non-hydrogen) atoms. The highest BCUT2D eigenvalue weighted by Crippen LogP contribution is 2.05. The van der Waals surface area contributed by atoms with Gasteiger partial charge in [0.25, 0.3) is 0 Å². The Morgan fingerprint density at radius 3 is 1.59 bits per heavy atom. The van der Waals surface area contributed by atoms with Crippen LogP contribution in [0, 0.1) is 0 Å². The number of hydrogen-bond acceptors (Lipinski definition) is 9. The van der Waals surface area contributed by atoms with E-state index >= 15 is 0 Å². The van der Waals surface area contributed by atoms with Gasteiger partial charge in [-0.25, -0.2) is 4.79 Å². The largest absolute Gasteiger partial charge is 0.481 e. The zero-order valence-electron chi connectivity index (χ0n) is 20.1. The second kappa shape index (κ2) is 17.6. The van der Waals surface area contributed by atoms with Gasteiger partial charge < -0.3 is 54.8 Å². The summed E-state index contributed by atoms with van der Waals surface area (Å²) in [7, 11) is 0. The van der Waals surface area contributed by atoms with E-state index in [0.717, 1.165) is 0 Å². The first kappa shape index (κ1) is 33.2. The summed E-state index contributed by atoms with van der Waals surface area (Å²) in [4.78, 5) is 67.7. The molecule has 0 aromatic rings. The lowest BCUT2D eigenvalue weighted by Gasteiger charge is -2.24. The lowest BCUT2D eigenvalue weighted by molar-refractivity contribution is -0.142. The molecule has 0 fully saturated rings. The molecule has 0 rings (SSSR count). The molecule has 0 spiro atoms. The van der Waals surface area contributed by atoms with E-state index in [4.69, 9.17) is 33.8 Å². The van der Waals surface area contributed by atoms with Crippen molar-refractivity contribution in [3.8, 4) is 0 Å². The number of nitrogens with two attached hydrogens (primary N) is 5. The Balaban J connectivity index is 5.43. The fourth-order valence-electron chi connectivity index (χ4n) is 2.83. The summed E-state index contributed by atoms with van der Waals surface area (Å²) < 4.78 is 0. The van der Waals surface area contributed by atoms with Crippen molar-refractivity contribution in [3.05, 3.63) is 0 Å². The summed E-state index contributed by atoms with van der Waals surface area (Å²) in [5.74, 6) is -5.69. The van der Waals surface area contributed by atoms with Crippen LogP contribution < -0.4 is 44.6 Å². The van der Waals surface area contributed by atoms with Crippen molar-refractivity contribution >= 4 is 54.2 Å². The van der Waals surface area contributed by atoms with E-state index in [-0.39, 0.29) is 56.4 Å². The number of carboxylic acids is 2. The maximum absolute atomic E-state index is 12.9. The summed E-state index contributed by atoms with van der Waals surface area (Å²) in [5, 5.41) is 25.3. The van der Waals surface area contributed by atoms with E-state index in [9.17, 15) is 29.1 Å². The highest BCUT2D eigenvalue weighted by molar-refractivity contribution is 7.80. The van der Waals surface area contributed by atoms with Gasteiger partial charge in [-0.1, -0.05) is 0 Å². The molecular formula is C19H36N10O7S. The summed E-state index contributed by atoms with van der Waals surface area (Å²) in [6, 6.07) is -5.21. The van der Waals surface area contributed by atoms with Crippen LogP contribution in [0.5, 0.6) is 0 Å². The van der Waals surface area contributed by atoms with Crippen LogP contribution in [0.2, 0.25) is 0 Å². The molecule has 0 radical (unpaired) electrons. The Bertz CT molecular complexity index is 862. The van der Waals surface area contributed by atoms with Gasteiger partial charge in [-0.15, -0.1) is 0 Å². The number of amides is 3. The topological polar surface area (TPSA) is 317 Å². The van der Waals surface area contributed by atoms with E-state index in [1.54, 1.807) is 0 Å². The quantitative estimate of drug-likeness (QED) is 0.0333. The van der Waals surface area contributed by atoms with Crippen LogP contribution in [-0.4, -0.2) is 94.8 Å². The van der Waals surface area contributed by atoms with E-state index in [0.29, 0.717) is 0 Å². The molecule has 3 amide bonds. The molecule has 4 atom stereocenters. The van der Waals surface area contributed by atoms with Crippen LogP contribution in [0.1, 0.15) is 32.1 Å². The maximum Gasteiger partial charge on any atom is 0.326 e. The lowest BCUT2D eigenvalue weighted by Crippen LogP contribution is -2.57. The van der Waals surface area contributed by atoms with Crippen molar-refractivity contribution in [1.29, 1.82) is 0 Å². The van der Waals surface area contributed by atoms with Gasteiger partial charge >= 0.3 is 11.9 Å². The van der Waals surface area contributed by atoms with E-state index < -0.39 is 60.2 Å². The highest BCUT2D eigenvalue weighted by atomic mass is 32.1. The molecule has 0 aromatic carbocycles. The van der Waals surface area contributed by atoms with Gasteiger partial charge in [0.05, 0.1) is 12.5 Å². The van der Waals surface area contributed by atoms with E-state index in [1.807, 2.05) is 0 Å². The first-order valence-corrected chi connectivity index (χ1v) is 11.7. The van der Waals surface area contributed by atoms with Crippen LogP contribution in [0.3, 0.4) is 0 Å². The van der Waals surface area contributed by atoms with Crippen LogP contribution in [0.25, 0.3) is 0 Å². The molecule has 0 bridgehead atoms. The van der Waals surface area contributed by atoms with E-state index in [1.165, 1.54) is 0 Å². The van der Waals surface area contributed by atoms with Crippen molar-refractivity contribution in [2.45, 2.75) is 56.3 Å². The monoisotopic (exact) mass is 548 g/mol. The summed E-state index contributed by atoms with van der Waals surface area (Å²) in [6.07, 6.45) is -0.160. The van der Waals surface area contributed by atoms with Gasteiger partial charge in [-0.2, -0.15) is 12.6 Å². The minimum absolute atomic E-state index is 0.00328. The Hall–Kier alpha value is -3.80. The summed E-state index contributed by atoms with van der Waals surface area (Å²) >= 11 is 4.01. The molecule has 0 aliphatic rings. The fourth-order valence-corrected chi connectivity index (χ4v) is 3.09. The lowest BCUT2D eigenvalue weighted by atomic mass is 10.1. The van der Waals surface area contributed by atoms with Gasteiger partial charge in [0.2, 0.25) is 17.7 Å². The van der Waals surface area contributed by atoms with Crippen LogP contribution in [0.15, 0.2) is 9.98 Å². The number of aliphatic carboxylic acids is 2. The number of hydrogen-bond donors (Lipinski definition) is 11. The molecular weight excluding hydrogens is 512 g/mol. The van der Waals surface area contributed by atoms with Crippen molar-refractivity contribution in [2.75, 3.05) is 18.8 Å². The number of rotatable bonds is 18. The van der Waals surface area contributed by atoms with Gasteiger partial charge in [-0.3, -0.25) is 29.2 Å². The third kappa shape index (κ3) is 15.0. The van der Waals surface area contributed by atoms with Gasteiger partial charge in [-0.05, 0) is 25.7 Å². The number of nitrogens with one attached hydrogen (secondary N) is 3. The molecule has 0 saturated heterocycles. The van der Waals surface area contributed by atoms with Crippen molar-refractivity contribution < 1.29 is 34.2 Å². The summed E-state index contributed by atoms with van der Waals surface area (Å²) in [6.45, 7) is 0.271. The number of aliphatic imine (C=N–C) groups is 2. The van der Waals surface area contributed by atoms with E-state index in [2.05, 4.69) is 38.6 Å². The van der Waals surface area contributed by atoms with Crippen LogP contribution in [-0.2, 0) is 24.0 Å². The van der Waals surface area contributed by atoms with Gasteiger partial charge in [0.15, 0.2) is 11.9 Å². The average Bonchev–Trinajstić information content (AvgIpc) is 2.79. The Morgan fingerprint density at radius 1 is 0.730 bits per heavy atom. The fraction of sp³-hybridized carbons (Fsp3) is 0.632. The van der Waals surface area contributed by atoms with Gasteiger partial charge in [0, 0.05) is 18.8 Å². The predicted molar refractivity (Wildman–Crippen MR) is 137 cm³/mol.